The van der Waals surface area contributed by atoms with Gasteiger partial charge in [0.05, 0.1) is 16.4 Å². The summed E-state index contributed by atoms with van der Waals surface area (Å²) >= 11 is 0. The van der Waals surface area contributed by atoms with Gasteiger partial charge in [-0.15, -0.1) is 0 Å². The molecule has 0 fully saturated rings. The van der Waals surface area contributed by atoms with Crippen molar-refractivity contribution in [3.8, 4) is 5.75 Å². The Morgan fingerprint density at radius 2 is 1.34 bits per heavy atom. The fourth-order valence-electron chi connectivity index (χ4n) is 7.47. The van der Waals surface area contributed by atoms with Crippen molar-refractivity contribution in [1.82, 2.24) is 9.38 Å². The first-order valence-electron chi connectivity index (χ1n) is 14.4. The molecule has 0 aliphatic carbocycles. The van der Waals surface area contributed by atoms with E-state index in [1.54, 1.807) is 0 Å². The lowest BCUT2D eigenvalue weighted by atomic mass is 9.87. The molecule has 200 valence electrons. The van der Waals surface area contributed by atoms with Gasteiger partial charge in [0, 0.05) is 16.2 Å². The average Bonchev–Trinajstić information content (AvgIpc) is 3.54. The van der Waals surface area contributed by atoms with Gasteiger partial charge in [-0.05, 0) is 118 Å². The Labute approximate surface area is 236 Å². The summed E-state index contributed by atoms with van der Waals surface area (Å²) in [5, 5.41) is 13.5. The molecule has 41 heavy (non-hydrogen) atoms. The first-order valence-corrected chi connectivity index (χ1v) is 14.4. The van der Waals surface area contributed by atoms with Gasteiger partial charge in [-0.2, -0.15) is 0 Å². The standard InChI is InChI=1S/C37H30N2O2/c1-17-14-22-30-28-20(17)11-8-18-9-12-21-26(41-37(5,6)7)16-23(31(30)29(21)27(18)28)32-33(22)35(40)39-25-13-10-19(36(2,3)4)15-24(25)38-34(32)39/h8-16H,1-7H3. The van der Waals surface area contributed by atoms with Gasteiger partial charge in [-0.25, -0.2) is 4.98 Å². The summed E-state index contributed by atoms with van der Waals surface area (Å²) in [4.78, 5) is 19.7. The maximum atomic E-state index is 14.5. The Hall–Kier alpha value is -4.44. The second-order valence-electron chi connectivity index (χ2n) is 14.0. The van der Waals surface area contributed by atoms with Crippen LogP contribution < -0.4 is 10.3 Å². The average molecular weight is 535 g/mol. The van der Waals surface area contributed by atoms with E-state index in [9.17, 15) is 4.79 Å². The molecular weight excluding hydrogens is 504 g/mol. The predicted octanol–water partition coefficient (Wildman–Crippen LogP) is 9.30. The Kier molecular flexibility index (Phi) is 3.91. The molecule has 0 unspecified atom stereocenters. The highest BCUT2D eigenvalue weighted by Crippen LogP contribution is 2.53. The molecule has 9 rings (SSSR count). The van der Waals surface area contributed by atoms with E-state index in [0.717, 1.165) is 49.4 Å². The third kappa shape index (κ3) is 2.71. The summed E-state index contributed by atoms with van der Waals surface area (Å²) < 4.78 is 8.49. The van der Waals surface area contributed by atoms with Crippen LogP contribution in [0.25, 0.3) is 81.3 Å². The molecule has 0 saturated carbocycles. The first-order chi connectivity index (χ1) is 19.4. The SMILES string of the molecule is Cc1cc2c3c(=O)n4c5ccc(C(C)(C)C)cc5nc4c3c3cc(OC(C)(C)C)c4ccc5ccc1c1c5c4c3c21. The van der Waals surface area contributed by atoms with Crippen molar-refractivity contribution in [2.24, 2.45) is 0 Å². The molecule has 0 spiro atoms. The van der Waals surface area contributed by atoms with Crippen LogP contribution in [-0.4, -0.2) is 15.0 Å². The van der Waals surface area contributed by atoms with Gasteiger partial charge < -0.3 is 4.74 Å². The van der Waals surface area contributed by atoms with Gasteiger partial charge >= 0.3 is 0 Å². The molecule has 2 heterocycles. The summed E-state index contributed by atoms with van der Waals surface area (Å²) in [6.45, 7) is 15.0. The predicted molar refractivity (Wildman–Crippen MR) is 173 cm³/mol. The minimum Gasteiger partial charge on any atom is -0.487 e. The molecule has 0 bridgehead atoms. The number of nitrogens with zero attached hydrogens (tertiary/aromatic N) is 2. The van der Waals surface area contributed by atoms with Crippen molar-refractivity contribution in [3.63, 3.8) is 0 Å². The van der Waals surface area contributed by atoms with Gasteiger partial charge in [0.25, 0.3) is 5.56 Å². The van der Waals surface area contributed by atoms with Crippen LogP contribution in [0.15, 0.2) is 59.4 Å². The zero-order valence-corrected chi connectivity index (χ0v) is 24.4. The Morgan fingerprint density at radius 3 is 2.05 bits per heavy atom. The first kappa shape index (κ1) is 23.3. The van der Waals surface area contributed by atoms with Crippen LogP contribution in [0.4, 0.5) is 0 Å². The third-order valence-electron chi connectivity index (χ3n) is 9.17. The molecular formula is C37H30N2O2. The van der Waals surface area contributed by atoms with Gasteiger partial charge in [0.15, 0.2) is 0 Å². The van der Waals surface area contributed by atoms with E-state index in [1.807, 2.05) is 4.40 Å². The normalized spacial score (nSPS) is 13.8. The van der Waals surface area contributed by atoms with Crippen LogP contribution in [0.1, 0.15) is 52.7 Å². The van der Waals surface area contributed by atoms with E-state index in [0.29, 0.717) is 0 Å². The van der Waals surface area contributed by atoms with Crippen molar-refractivity contribution < 1.29 is 4.74 Å². The van der Waals surface area contributed by atoms with E-state index in [4.69, 9.17) is 9.72 Å². The van der Waals surface area contributed by atoms with Crippen molar-refractivity contribution in [2.45, 2.75) is 59.5 Å². The molecule has 2 aromatic heterocycles. The monoisotopic (exact) mass is 534 g/mol. The molecule has 4 heteroatoms. The van der Waals surface area contributed by atoms with Crippen molar-refractivity contribution in [1.29, 1.82) is 0 Å². The lowest BCUT2D eigenvalue weighted by molar-refractivity contribution is 0.133. The maximum absolute atomic E-state index is 14.5. The van der Waals surface area contributed by atoms with E-state index in [2.05, 4.69) is 103 Å². The van der Waals surface area contributed by atoms with Crippen molar-refractivity contribution in [3.05, 3.63) is 76.1 Å². The van der Waals surface area contributed by atoms with Crippen LogP contribution in [0, 0.1) is 6.92 Å². The smallest absolute Gasteiger partial charge is 0.265 e. The number of benzene rings is 6. The summed E-state index contributed by atoms with van der Waals surface area (Å²) in [5.41, 5.74) is 4.46. The van der Waals surface area contributed by atoms with E-state index >= 15 is 0 Å². The number of aromatic nitrogens is 2. The van der Waals surface area contributed by atoms with Crippen LogP contribution in [0.5, 0.6) is 5.75 Å². The zero-order chi connectivity index (χ0) is 28.3. The third-order valence-corrected chi connectivity index (χ3v) is 9.17. The molecule has 0 aliphatic rings. The minimum absolute atomic E-state index is 0.00294. The molecule has 9 aromatic rings. The van der Waals surface area contributed by atoms with Crippen LogP contribution in [0.2, 0.25) is 0 Å². The van der Waals surface area contributed by atoms with Crippen molar-refractivity contribution in [2.75, 3.05) is 0 Å². The quantitative estimate of drug-likeness (QED) is 0.197. The molecule has 0 amide bonds. The van der Waals surface area contributed by atoms with Gasteiger partial charge in [0.1, 0.15) is 17.0 Å². The van der Waals surface area contributed by atoms with E-state index < -0.39 is 0 Å². The zero-order valence-electron chi connectivity index (χ0n) is 24.4. The maximum Gasteiger partial charge on any atom is 0.265 e. The molecule has 7 aromatic carbocycles. The number of fused-ring (bicyclic) bond motifs is 7. The fraction of sp³-hybridized carbons (Fsp3) is 0.243. The molecule has 0 saturated heterocycles. The van der Waals surface area contributed by atoms with Gasteiger partial charge in [-0.1, -0.05) is 45.0 Å². The summed E-state index contributed by atoms with van der Waals surface area (Å²) in [7, 11) is 0. The Bertz CT molecular complexity index is 2590. The van der Waals surface area contributed by atoms with Gasteiger partial charge in [0.2, 0.25) is 0 Å². The fourth-order valence-corrected chi connectivity index (χ4v) is 7.47. The Morgan fingerprint density at radius 1 is 0.683 bits per heavy atom. The number of hydrogen-bond donors (Lipinski definition) is 0. The molecule has 0 aliphatic heterocycles. The molecule has 4 nitrogen and oxygen atoms in total. The molecule has 0 atom stereocenters. The number of hydrogen-bond acceptors (Lipinski definition) is 3. The van der Waals surface area contributed by atoms with Gasteiger partial charge in [-0.3, -0.25) is 9.20 Å². The van der Waals surface area contributed by atoms with Crippen LogP contribution >= 0.6 is 0 Å². The lowest BCUT2D eigenvalue weighted by Gasteiger charge is -2.23. The molecule has 0 radical (unpaired) electrons. The summed E-state index contributed by atoms with van der Waals surface area (Å²) in [6, 6.07) is 19.6. The lowest BCUT2D eigenvalue weighted by Crippen LogP contribution is -2.23. The second-order valence-corrected chi connectivity index (χ2v) is 14.0. The topological polar surface area (TPSA) is 43.6 Å². The van der Waals surface area contributed by atoms with Crippen LogP contribution in [-0.2, 0) is 5.41 Å². The highest BCUT2D eigenvalue weighted by molar-refractivity contribution is 6.49. The highest BCUT2D eigenvalue weighted by Gasteiger charge is 2.30. The minimum atomic E-state index is -0.376. The van der Waals surface area contributed by atoms with Crippen molar-refractivity contribution >= 4 is 81.3 Å². The van der Waals surface area contributed by atoms with E-state index in [-0.39, 0.29) is 16.6 Å². The number of rotatable bonds is 1. The van der Waals surface area contributed by atoms with E-state index in [1.165, 1.54) is 48.8 Å². The number of imidazole rings is 1. The molecule has 0 N–H and O–H groups in total. The largest absolute Gasteiger partial charge is 0.487 e. The number of aryl methyl sites for hydroxylation is 1. The second kappa shape index (κ2) is 6.88. The summed E-state index contributed by atoms with van der Waals surface area (Å²) in [5.74, 6) is 0.849. The Balaban J connectivity index is 1.60. The van der Waals surface area contributed by atoms with Crippen LogP contribution in [0.3, 0.4) is 0 Å². The summed E-state index contributed by atoms with van der Waals surface area (Å²) in [6.07, 6.45) is 0. The number of ether oxygens (including phenoxy) is 1. The highest BCUT2D eigenvalue weighted by atomic mass is 16.5.